The second-order valence-electron chi connectivity index (χ2n) is 7.73. The van der Waals surface area contributed by atoms with Gasteiger partial charge in [0.25, 0.3) is 10.0 Å². The summed E-state index contributed by atoms with van der Waals surface area (Å²) in [6.07, 6.45) is 2.02. The molecule has 2 atom stereocenters. The lowest BCUT2D eigenvalue weighted by Crippen LogP contribution is -2.57. The minimum atomic E-state index is -3.72. The fourth-order valence-corrected chi connectivity index (χ4v) is 5.96. The predicted molar refractivity (Wildman–Crippen MR) is 112 cm³/mol. The number of nitrogens with zero attached hydrogens (tertiary/aromatic N) is 2. The second-order valence-corrected chi connectivity index (χ2v) is 9.40. The van der Waals surface area contributed by atoms with Gasteiger partial charge in [-0.3, -0.25) is 4.31 Å². The first-order chi connectivity index (χ1) is 14.3. The molecule has 0 aromatic heterocycles. The Labute approximate surface area is 175 Å². The number of rotatable bonds is 3. The third-order valence-electron chi connectivity index (χ3n) is 5.66. The number of ether oxygens (including phenoxy) is 1. The summed E-state index contributed by atoms with van der Waals surface area (Å²) in [4.78, 5) is 14.2. The number of likely N-dealkylation sites (tertiary alicyclic amines) is 1. The standard InChI is InChI=1S/C22H23FN2O4S/c1-17-15-22(10-12-24(17)21(26)29-16-18-6-3-2-4-7-18)11-13-30(27,28)25(22)20-9-5-8-19(23)14-20/h2-9,11,13-14,17H,10,12,15-16H2,1H3/t17-,22-/m0/s1. The third-order valence-corrected chi connectivity index (χ3v) is 7.22. The van der Waals surface area contributed by atoms with Gasteiger partial charge < -0.3 is 9.64 Å². The summed E-state index contributed by atoms with van der Waals surface area (Å²) in [6, 6.07) is 14.7. The normalized spacial score (nSPS) is 24.9. The highest BCUT2D eigenvalue weighted by atomic mass is 32.2. The van der Waals surface area contributed by atoms with Crippen molar-refractivity contribution in [1.29, 1.82) is 0 Å². The van der Waals surface area contributed by atoms with Gasteiger partial charge in [-0.2, -0.15) is 0 Å². The molecule has 2 aliphatic heterocycles. The molecule has 2 aliphatic rings. The van der Waals surface area contributed by atoms with Crippen LogP contribution in [0, 0.1) is 5.82 Å². The van der Waals surface area contributed by atoms with Crippen LogP contribution in [-0.4, -0.2) is 37.5 Å². The second kappa shape index (κ2) is 7.75. The van der Waals surface area contributed by atoms with Crippen molar-refractivity contribution in [2.45, 2.75) is 38.0 Å². The van der Waals surface area contributed by atoms with Crippen LogP contribution < -0.4 is 4.31 Å². The molecule has 1 amide bonds. The zero-order chi connectivity index (χ0) is 21.4. The summed E-state index contributed by atoms with van der Waals surface area (Å²) in [7, 11) is -3.72. The quantitative estimate of drug-likeness (QED) is 0.737. The van der Waals surface area contributed by atoms with E-state index in [2.05, 4.69) is 0 Å². The predicted octanol–water partition coefficient (Wildman–Crippen LogP) is 4.05. The van der Waals surface area contributed by atoms with Crippen LogP contribution in [0.25, 0.3) is 0 Å². The van der Waals surface area contributed by atoms with E-state index < -0.39 is 27.5 Å². The van der Waals surface area contributed by atoms with Crippen LogP contribution in [0.15, 0.2) is 66.1 Å². The van der Waals surface area contributed by atoms with Crippen molar-refractivity contribution in [2.24, 2.45) is 0 Å². The van der Waals surface area contributed by atoms with E-state index in [-0.39, 0.29) is 18.3 Å². The van der Waals surface area contributed by atoms with E-state index in [9.17, 15) is 17.6 Å². The van der Waals surface area contributed by atoms with Crippen LogP contribution in [0.2, 0.25) is 0 Å². The molecule has 6 nitrogen and oxygen atoms in total. The number of sulfonamides is 1. The average Bonchev–Trinajstić information content (AvgIpc) is 2.97. The van der Waals surface area contributed by atoms with Gasteiger partial charge in [0.15, 0.2) is 0 Å². The molecule has 0 unspecified atom stereocenters. The number of hydrogen-bond acceptors (Lipinski definition) is 4. The highest BCUT2D eigenvalue weighted by Gasteiger charge is 2.50. The topological polar surface area (TPSA) is 66.9 Å². The van der Waals surface area contributed by atoms with E-state index in [1.165, 1.54) is 27.9 Å². The first kappa shape index (κ1) is 20.4. The molecule has 1 saturated heterocycles. The molecule has 0 saturated carbocycles. The van der Waals surface area contributed by atoms with Gasteiger partial charge >= 0.3 is 6.09 Å². The molecule has 2 aromatic rings. The maximum atomic E-state index is 13.8. The first-order valence-corrected chi connectivity index (χ1v) is 11.3. The highest BCUT2D eigenvalue weighted by molar-refractivity contribution is 7.96. The molecule has 1 spiro atoms. The highest BCUT2D eigenvalue weighted by Crippen LogP contribution is 2.43. The molecule has 0 N–H and O–H groups in total. The van der Waals surface area contributed by atoms with E-state index in [1.54, 1.807) is 17.0 Å². The van der Waals surface area contributed by atoms with Gasteiger partial charge in [0.05, 0.1) is 11.2 Å². The maximum absolute atomic E-state index is 13.8. The summed E-state index contributed by atoms with van der Waals surface area (Å²) in [5, 5.41) is 1.17. The largest absolute Gasteiger partial charge is 0.445 e. The van der Waals surface area contributed by atoms with Crippen LogP contribution >= 0.6 is 0 Å². The SMILES string of the molecule is C[C@H]1C[C@@]2(C=CS(=O)(=O)N2c2cccc(F)c2)CCN1C(=O)OCc1ccccc1. The average molecular weight is 431 g/mol. The number of piperidine rings is 1. The smallest absolute Gasteiger partial charge is 0.410 e. The first-order valence-electron chi connectivity index (χ1n) is 9.78. The van der Waals surface area contributed by atoms with Crippen LogP contribution in [-0.2, 0) is 21.4 Å². The molecule has 30 heavy (non-hydrogen) atoms. The lowest BCUT2D eigenvalue weighted by Gasteiger charge is -2.46. The lowest BCUT2D eigenvalue weighted by atomic mass is 9.83. The number of amides is 1. The van der Waals surface area contributed by atoms with E-state index in [1.807, 2.05) is 37.3 Å². The van der Waals surface area contributed by atoms with Crippen molar-refractivity contribution < 1.29 is 22.3 Å². The lowest BCUT2D eigenvalue weighted by molar-refractivity contribution is 0.0632. The van der Waals surface area contributed by atoms with Gasteiger partial charge in [-0.1, -0.05) is 36.4 Å². The summed E-state index contributed by atoms with van der Waals surface area (Å²) in [5.41, 5.74) is 0.351. The minimum absolute atomic E-state index is 0.178. The number of benzene rings is 2. The van der Waals surface area contributed by atoms with Gasteiger partial charge in [-0.05, 0) is 49.6 Å². The molecule has 1 fully saturated rings. The van der Waals surface area contributed by atoms with Gasteiger partial charge in [0.1, 0.15) is 12.4 Å². The van der Waals surface area contributed by atoms with Crippen molar-refractivity contribution in [2.75, 3.05) is 10.8 Å². The van der Waals surface area contributed by atoms with Crippen LogP contribution in [0.5, 0.6) is 0 Å². The molecular formula is C22H23FN2O4S. The Morgan fingerprint density at radius 1 is 1.20 bits per heavy atom. The summed E-state index contributed by atoms with van der Waals surface area (Å²) >= 11 is 0. The van der Waals surface area contributed by atoms with Gasteiger partial charge in [-0.15, -0.1) is 0 Å². The van der Waals surface area contributed by atoms with E-state index >= 15 is 0 Å². The summed E-state index contributed by atoms with van der Waals surface area (Å²) < 4.78 is 46.0. The molecule has 8 heteroatoms. The fourth-order valence-electron chi connectivity index (χ4n) is 4.27. The number of anilines is 1. The third kappa shape index (κ3) is 3.79. The minimum Gasteiger partial charge on any atom is -0.445 e. The zero-order valence-corrected chi connectivity index (χ0v) is 17.4. The Kier molecular flexibility index (Phi) is 5.27. The molecule has 2 heterocycles. The number of halogens is 1. The molecule has 4 rings (SSSR count). The Hall–Kier alpha value is -2.87. The Morgan fingerprint density at radius 2 is 1.97 bits per heavy atom. The van der Waals surface area contributed by atoms with Crippen molar-refractivity contribution in [3.05, 3.63) is 77.5 Å². The number of carbonyl (C=O) groups is 1. The van der Waals surface area contributed by atoms with E-state index in [4.69, 9.17) is 4.74 Å². The van der Waals surface area contributed by atoms with Gasteiger partial charge in [0.2, 0.25) is 0 Å². The Balaban J connectivity index is 1.51. The van der Waals surface area contributed by atoms with Crippen molar-refractivity contribution in [3.63, 3.8) is 0 Å². The maximum Gasteiger partial charge on any atom is 0.410 e. The molecule has 158 valence electrons. The molecular weight excluding hydrogens is 407 g/mol. The Morgan fingerprint density at radius 3 is 2.67 bits per heavy atom. The van der Waals surface area contributed by atoms with E-state index in [0.29, 0.717) is 19.4 Å². The van der Waals surface area contributed by atoms with E-state index in [0.717, 1.165) is 5.56 Å². The van der Waals surface area contributed by atoms with Gasteiger partial charge in [0, 0.05) is 18.0 Å². The van der Waals surface area contributed by atoms with Gasteiger partial charge in [-0.25, -0.2) is 17.6 Å². The number of carbonyl (C=O) groups excluding carboxylic acids is 1. The van der Waals surface area contributed by atoms with Crippen LogP contribution in [0.4, 0.5) is 14.9 Å². The fraction of sp³-hybridized carbons (Fsp3) is 0.318. The summed E-state index contributed by atoms with van der Waals surface area (Å²) in [6.45, 7) is 2.38. The molecule has 2 aromatic carbocycles. The van der Waals surface area contributed by atoms with Crippen LogP contribution in [0.3, 0.4) is 0 Å². The van der Waals surface area contributed by atoms with Crippen molar-refractivity contribution in [3.8, 4) is 0 Å². The monoisotopic (exact) mass is 430 g/mol. The molecule has 0 bridgehead atoms. The molecule has 0 aliphatic carbocycles. The van der Waals surface area contributed by atoms with Crippen molar-refractivity contribution >= 4 is 21.8 Å². The summed E-state index contributed by atoms with van der Waals surface area (Å²) in [5.74, 6) is -0.500. The number of hydrogen-bond donors (Lipinski definition) is 0. The Bertz CT molecular complexity index is 1070. The molecule has 0 radical (unpaired) electrons. The van der Waals surface area contributed by atoms with Crippen molar-refractivity contribution in [1.82, 2.24) is 4.90 Å². The zero-order valence-electron chi connectivity index (χ0n) is 16.6. The van der Waals surface area contributed by atoms with Crippen LogP contribution in [0.1, 0.15) is 25.3 Å².